The highest BCUT2D eigenvalue weighted by Gasteiger charge is 2.46. The lowest BCUT2D eigenvalue weighted by Gasteiger charge is -2.17. The van der Waals surface area contributed by atoms with Gasteiger partial charge in [-0.15, -0.1) is 0 Å². The molecule has 1 fully saturated rings. The highest BCUT2D eigenvalue weighted by atomic mass is 16.8. The number of carbonyl (C=O) groups excluding carboxylic acids is 3. The Balaban J connectivity index is 2.75. The van der Waals surface area contributed by atoms with Crippen molar-refractivity contribution in [1.82, 2.24) is 0 Å². The van der Waals surface area contributed by atoms with Crippen LogP contribution in [0, 0.1) is 0 Å². The smallest absolute Gasteiger partial charge is 0.339 e. The van der Waals surface area contributed by atoms with Gasteiger partial charge in [0.15, 0.2) is 18.5 Å². The molecule has 0 aromatic carbocycles. The summed E-state index contributed by atoms with van der Waals surface area (Å²) >= 11 is 0. The van der Waals surface area contributed by atoms with Crippen LogP contribution in [0.15, 0.2) is 12.2 Å². The number of carbonyl (C=O) groups is 3. The van der Waals surface area contributed by atoms with Gasteiger partial charge in [0.25, 0.3) is 0 Å². The molecule has 1 aliphatic heterocycles. The quantitative estimate of drug-likeness (QED) is 0.385. The first-order valence-electron chi connectivity index (χ1n) is 7.72. The summed E-state index contributed by atoms with van der Waals surface area (Å²) in [5, 5.41) is 0. The van der Waals surface area contributed by atoms with Crippen molar-refractivity contribution >= 4 is 17.9 Å². The van der Waals surface area contributed by atoms with E-state index in [2.05, 4.69) is 0 Å². The zero-order valence-electron chi connectivity index (χ0n) is 14.5. The van der Waals surface area contributed by atoms with E-state index in [4.69, 9.17) is 23.7 Å². The lowest BCUT2D eigenvalue weighted by atomic mass is 10.2. The lowest BCUT2D eigenvalue weighted by molar-refractivity contribution is -0.167. The highest BCUT2D eigenvalue weighted by molar-refractivity contribution is 5.86. The minimum Gasteiger partial charge on any atom is -0.462 e. The first-order valence-corrected chi connectivity index (χ1v) is 7.72. The van der Waals surface area contributed by atoms with Crippen LogP contribution in [0.1, 0.15) is 34.6 Å². The summed E-state index contributed by atoms with van der Waals surface area (Å²) in [6.07, 6.45) is -1.17. The Morgan fingerprint density at radius 1 is 0.958 bits per heavy atom. The molecule has 0 N–H and O–H groups in total. The molecule has 1 saturated heterocycles. The molecule has 24 heavy (non-hydrogen) atoms. The summed E-state index contributed by atoms with van der Waals surface area (Å²) < 4.78 is 25.7. The lowest BCUT2D eigenvalue weighted by Crippen LogP contribution is -2.40. The molecule has 1 rings (SSSR count). The second-order valence-corrected chi connectivity index (χ2v) is 5.68. The molecule has 0 radical (unpaired) electrons. The third kappa shape index (κ3) is 6.67. The third-order valence-electron chi connectivity index (χ3n) is 2.68. The van der Waals surface area contributed by atoms with E-state index in [-0.39, 0.29) is 18.8 Å². The third-order valence-corrected chi connectivity index (χ3v) is 2.68. The molecule has 2 atom stereocenters. The fourth-order valence-electron chi connectivity index (χ4n) is 1.84. The van der Waals surface area contributed by atoms with Crippen LogP contribution in [0.5, 0.6) is 0 Å². The summed E-state index contributed by atoms with van der Waals surface area (Å²) in [6.45, 7) is 8.06. The zero-order chi connectivity index (χ0) is 18.3. The molecule has 0 unspecified atom stereocenters. The Kier molecular flexibility index (Phi) is 7.87. The molecule has 136 valence electrons. The van der Waals surface area contributed by atoms with Crippen LogP contribution in [-0.2, 0) is 38.1 Å². The second kappa shape index (κ2) is 9.39. The largest absolute Gasteiger partial charge is 0.462 e. The van der Waals surface area contributed by atoms with E-state index in [1.54, 1.807) is 27.7 Å². The molecule has 0 aromatic heterocycles. The van der Waals surface area contributed by atoms with Crippen LogP contribution >= 0.6 is 0 Å². The molecule has 0 spiro atoms. The highest BCUT2D eigenvalue weighted by Crippen LogP contribution is 2.23. The molecule has 1 heterocycles. The normalized spacial score (nSPS) is 21.5. The number of hydrogen-bond donors (Lipinski definition) is 0. The van der Waals surface area contributed by atoms with E-state index < -0.39 is 36.4 Å². The molecule has 1 aliphatic rings. The van der Waals surface area contributed by atoms with Gasteiger partial charge in [-0.25, -0.2) is 9.59 Å². The van der Waals surface area contributed by atoms with Crippen molar-refractivity contribution in [2.75, 3.05) is 6.61 Å². The van der Waals surface area contributed by atoms with Crippen LogP contribution in [0.3, 0.4) is 0 Å². The number of hydrogen-bond acceptors (Lipinski definition) is 8. The molecular weight excluding hydrogens is 320 g/mol. The van der Waals surface area contributed by atoms with Gasteiger partial charge in [-0.3, -0.25) is 4.79 Å². The average molecular weight is 344 g/mol. The first kappa shape index (κ1) is 20.1. The second-order valence-electron chi connectivity index (χ2n) is 5.68. The van der Waals surface area contributed by atoms with Gasteiger partial charge in [-0.2, -0.15) is 0 Å². The Morgan fingerprint density at radius 2 is 1.42 bits per heavy atom. The minimum atomic E-state index is -1.22. The minimum absolute atomic E-state index is 0.0285. The van der Waals surface area contributed by atoms with Crippen LogP contribution in [0.2, 0.25) is 0 Å². The summed E-state index contributed by atoms with van der Waals surface area (Å²) in [6, 6.07) is 0. The van der Waals surface area contributed by atoms with Crippen LogP contribution in [0.25, 0.3) is 0 Å². The van der Waals surface area contributed by atoms with Gasteiger partial charge in [-0.1, -0.05) is 0 Å². The summed E-state index contributed by atoms with van der Waals surface area (Å²) in [7, 11) is 0. The standard InChI is InChI=1S/C16H24O8/c1-9(2)21-15(18)13-14(16(19)22-10(3)4)24-12(23-13)7-6-8-20-11(5)17/h6-7,9-10,12-14H,8H2,1-5H3/t13-,14-/m1/s1. The molecule has 8 nitrogen and oxygen atoms in total. The van der Waals surface area contributed by atoms with E-state index in [9.17, 15) is 14.4 Å². The Labute approximate surface area is 141 Å². The van der Waals surface area contributed by atoms with Crippen molar-refractivity contribution in [1.29, 1.82) is 0 Å². The summed E-state index contributed by atoms with van der Waals surface area (Å²) in [5.74, 6) is -1.83. The summed E-state index contributed by atoms with van der Waals surface area (Å²) in [4.78, 5) is 34.9. The predicted molar refractivity (Wildman–Crippen MR) is 81.8 cm³/mol. The fraction of sp³-hybridized carbons (Fsp3) is 0.688. The van der Waals surface area contributed by atoms with Crippen molar-refractivity contribution in [3.05, 3.63) is 12.2 Å². The SMILES string of the molecule is CC(=O)OCC=CC1O[C@@H](C(=O)OC(C)C)[C@H](C(=O)OC(C)C)O1. The molecule has 8 heteroatoms. The van der Waals surface area contributed by atoms with Gasteiger partial charge in [-0.05, 0) is 39.8 Å². The molecule has 0 aliphatic carbocycles. The maximum Gasteiger partial charge on any atom is 0.339 e. The first-order chi connectivity index (χ1) is 11.2. The monoisotopic (exact) mass is 344 g/mol. The van der Waals surface area contributed by atoms with Gasteiger partial charge in [0.2, 0.25) is 0 Å². The van der Waals surface area contributed by atoms with Gasteiger partial charge in [0.1, 0.15) is 6.61 Å². The average Bonchev–Trinajstić information content (AvgIpc) is 2.86. The van der Waals surface area contributed by atoms with Crippen molar-refractivity contribution in [2.24, 2.45) is 0 Å². The summed E-state index contributed by atoms with van der Waals surface area (Å²) in [5.41, 5.74) is 0. The van der Waals surface area contributed by atoms with Gasteiger partial charge < -0.3 is 23.7 Å². The predicted octanol–water partition coefficient (Wildman–Crippen LogP) is 1.12. The van der Waals surface area contributed by atoms with Gasteiger partial charge in [0.05, 0.1) is 12.2 Å². The Bertz CT molecular complexity index is 452. The van der Waals surface area contributed by atoms with E-state index in [0.29, 0.717) is 0 Å². The van der Waals surface area contributed by atoms with Crippen molar-refractivity contribution in [3.8, 4) is 0 Å². The van der Waals surface area contributed by atoms with Gasteiger partial charge in [0, 0.05) is 6.92 Å². The van der Waals surface area contributed by atoms with Crippen molar-refractivity contribution in [2.45, 2.75) is 65.3 Å². The molecule has 0 amide bonds. The molecule has 0 bridgehead atoms. The maximum atomic E-state index is 12.1. The van der Waals surface area contributed by atoms with Crippen LogP contribution in [0.4, 0.5) is 0 Å². The number of ether oxygens (including phenoxy) is 5. The molecule has 0 aromatic rings. The van der Waals surface area contributed by atoms with E-state index in [1.807, 2.05) is 0 Å². The van der Waals surface area contributed by atoms with Gasteiger partial charge >= 0.3 is 17.9 Å². The van der Waals surface area contributed by atoms with Crippen LogP contribution < -0.4 is 0 Å². The van der Waals surface area contributed by atoms with Crippen molar-refractivity contribution < 1.29 is 38.1 Å². The van der Waals surface area contributed by atoms with E-state index >= 15 is 0 Å². The Morgan fingerprint density at radius 3 is 1.79 bits per heavy atom. The van der Waals surface area contributed by atoms with E-state index in [1.165, 1.54) is 19.1 Å². The van der Waals surface area contributed by atoms with E-state index in [0.717, 1.165) is 0 Å². The Hall–Kier alpha value is -1.93. The van der Waals surface area contributed by atoms with Crippen molar-refractivity contribution in [3.63, 3.8) is 0 Å². The topological polar surface area (TPSA) is 97.4 Å². The van der Waals surface area contributed by atoms with Crippen LogP contribution in [-0.4, -0.2) is 55.2 Å². The molecule has 0 saturated carbocycles. The molecular formula is C16H24O8. The number of rotatable bonds is 7. The fourth-order valence-corrected chi connectivity index (χ4v) is 1.84. The number of esters is 3. The zero-order valence-corrected chi connectivity index (χ0v) is 14.5. The maximum absolute atomic E-state index is 12.1.